The maximum Gasteiger partial charge on any atom is 0.223 e. The maximum atomic E-state index is 10.3. The molecule has 0 spiro atoms. The summed E-state index contributed by atoms with van der Waals surface area (Å²) in [5.74, 6) is 1.14. The van der Waals surface area contributed by atoms with Crippen LogP contribution in [-0.4, -0.2) is 21.8 Å². The van der Waals surface area contributed by atoms with E-state index in [1.165, 1.54) is 0 Å². The van der Waals surface area contributed by atoms with Gasteiger partial charge in [0.05, 0.1) is 12.1 Å². The number of hydrogen-bond donors (Lipinski definition) is 2. The Balaban J connectivity index is 1.89. The minimum absolute atomic E-state index is 0.421. The highest BCUT2D eigenvalue weighted by Gasteiger charge is 2.22. The summed E-state index contributed by atoms with van der Waals surface area (Å²) in [6, 6.07) is 9.55. The molecule has 1 atom stereocenters. The molecule has 0 aliphatic heterocycles. The molecule has 0 aliphatic rings. The van der Waals surface area contributed by atoms with Gasteiger partial charge in [-0.15, -0.1) is 0 Å². The number of hydrogen-bond acceptors (Lipinski definition) is 5. The van der Waals surface area contributed by atoms with E-state index in [1.807, 2.05) is 30.3 Å². The number of benzene rings is 1. The number of aliphatic hydroxyl groups is 1. The van der Waals surface area contributed by atoms with E-state index in [0.717, 1.165) is 5.56 Å². The molecule has 5 nitrogen and oxygen atoms in total. The average molecular weight is 247 g/mol. The molecule has 1 unspecified atom stereocenters. The molecule has 0 saturated carbocycles. The van der Waals surface area contributed by atoms with Gasteiger partial charge in [-0.05, 0) is 12.5 Å². The molecule has 0 aliphatic carbocycles. The Morgan fingerprint density at radius 2 is 2.06 bits per heavy atom. The van der Waals surface area contributed by atoms with Crippen molar-refractivity contribution in [3.63, 3.8) is 0 Å². The van der Waals surface area contributed by atoms with Gasteiger partial charge in [0.25, 0.3) is 0 Å². The van der Waals surface area contributed by atoms with E-state index < -0.39 is 5.60 Å². The molecule has 18 heavy (non-hydrogen) atoms. The van der Waals surface area contributed by atoms with Crippen molar-refractivity contribution in [2.75, 3.05) is 6.54 Å². The van der Waals surface area contributed by atoms with Crippen LogP contribution in [0, 0.1) is 6.92 Å². The Hall–Kier alpha value is -1.72. The normalized spacial score (nSPS) is 14.4. The van der Waals surface area contributed by atoms with Crippen LogP contribution in [0.4, 0.5) is 0 Å². The molecule has 96 valence electrons. The fourth-order valence-electron chi connectivity index (χ4n) is 1.73. The lowest BCUT2D eigenvalue weighted by Crippen LogP contribution is -2.35. The molecule has 5 heteroatoms. The summed E-state index contributed by atoms with van der Waals surface area (Å²) in [4.78, 5) is 4.08. The number of aryl methyl sites for hydroxylation is 1. The molecule has 1 aromatic carbocycles. The third-order valence-corrected chi connectivity index (χ3v) is 2.72. The molecule has 0 amide bonds. The van der Waals surface area contributed by atoms with Gasteiger partial charge in [0.15, 0.2) is 5.82 Å². The van der Waals surface area contributed by atoms with Gasteiger partial charge in [0.2, 0.25) is 5.89 Å². The van der Waals surface area contributed by atoms with E-state index in [4.69, 9.17) is 4.52 Å². The molecule has 1 heterocycles. The molecule has 2 N–H and O–H groups in total. The van der Waals surface area contributed by atoms with Crippen LogP contribution in [-0.2, 0) is 12.1 Å². The first-order valence-electron chi connectivity index (χ1n) is 5.86. The quantitative estimate of drug-likeness (QED) is 0.835. The van der Waals surface area contributed by atoms with Crippen LogP contribution in [0.3, 0.4) is 0 Å². The smallest absolute Gasteiger partial charge is 0.223 e. The molecular formula is C13H17N3O2. The van der Waals surface area contributed by atoms with Crippen LogP contribution in [0.15, 0.2) is 34.9 Å². The van der Waals surface area contributed by atoms with Crippen molar-refractivity contribution in [3.8, 4) is 0 Å². The van der Waals surface area contributed by atoms with E-state index in [9.17, 15) is 5.11 Å². The van der Waals surface area contributed by atoms with E-state index in [0.29, 0.717) is 24.8 Å². The Kier molecular flexibility index (Phi) is 3.74. The summed E-state index contributed by atoms with van der Waals surface area (Å²) in [6.45, 7) is 4.42. The number of nitrogens with one attached hydrogen (secondary N) is 1. The lowest BCUT2D eigenvalue weighted by atomic mass is 9.96. The summed E-state index contributed by atoms with van der Waals surface area (Å²) in [6.07, 6.45) is 0. The van der Waals surface area contributed by atoms with E-state index in [-0.39, 0.29) is 0 Å². The average Bonchev–Trinajstić information content (AvgIpc) is 2.76. The van der Waals surface area contributed by atoms with Crippen LogP contribution >= 0.6 is 0 Å². The minimum Gasteiger partial charge on any atom is -0.384 e. The van der Waals surface area contributed by atoms with Gasteiger partial charge in [-0.25, -0.2) is 0 Å². The molecule has 2 aromatic rings. The number of aromatic nitrogens is 2. The van der Waals surface area contributed by atoms with Crippen molar-refractivity contribution >= 4 is 0 Å². The summed E-state index contributed by atoms with van der Waals surface area (Å²) in [5, 5.41) is 17.2. The summed E-state index contributed by atoms with van der Waals surface area (Å²) in [7, 11) is 0. The van der Waals surface area contributed by atoms with Gasteiger partial charge in [-0.3, -0.25) is 0 Å². The fourth-order valence-corrected chi connectivity index (χ4v) is 1.73. The minimum atomic E-state index is -0.917. The van der Waals surface area contributed by atoms with E-state index in [1.54, 1.807) is 13.8 Å². The standard InChI is InChI=1S/C13H17N3O2/c1-10-15-12(16-18-10)8-14-9-13(2,17)11-6-4-3-5-7-11/h3-7,14,17H,8-9H2,1-2H3. The second kappa shape index (κ2) is 5.29. The van der Waals surface area contributed by atoms with Gasteiger partial charge in [0.1, 0.15) is 0 Å². The molecule has 0 radical (unpaired) electrons. The Bertz CT molecular complexity index is 494. The Morgan fingerprint density at radius 1 is 1.33 bits per heavy atom. The lowest BCUT2D eigenvalue weighted by molar-refractivity contribution is 0.0564. The van der Waals surface area contributed by atoms with Gasteiger partial charge in [-0.1, -0.05) is 35.5 Å². The summed E-state index contributed by atoms with van der Waals surface area (Å²) >= 11 is 0. The zero-order chi connectivity index (χ0) is 13.0. The fraction of sp³-hybridized carbons (Fsp3) is 0.385. The predicted octanol–water partition coefficient (Wildman–Crippen LogP) is 1.38. The molecule has 2 rings (SSSR count). The second-order valence-corrected chi connectivity index (χ2v) is 4.47. The maximum absolute atomic E-state index is 10.3. The summed E-state index contributed by atoms with van der Waals surface area (Å²) in [5.41, 5.74) is -0.0400. The largest absolute Gasteiger partial charge is 0.384 e. The molecule has 0 bridgehead atoms. The second-order valence-electron chi connectivity index (χ2n) is 4.47. The van der Waals surface area contributed by atoms with Crippen LogP contribution in [0.2, 0.25) is 0 Å². The molecule has 1 aromatic heterocycles. The number of rotatable bonds is 5. The lowest BCUT2D eigenvalue weighted by Gasteiger charge is -2.23. The first kappa shape index (κ1) is 12.7. The zero-order valence-electron chi connectivity index (χ0n) is 10.6. The van der Waals surface area contributed by atoms with Gasteiger partial charge < -0.3 is 14.9 Å². The molecular weight excluding hydrogens is 230 g/mol. The highest BCUT2D eigenvalue weighted by atomic mass is 16.5. The van der Waals surface area contributed by atoms with Gasteiger partial charge in [-0.2, -0.15) is 4.98 Å². The highest BCUT2D eigenvalue weighted by Crippen LogP contribution is 2.18. The van der Waals surface area contributed by atoms with Gasteiger partial charge in [0, 0.05) is 13.5 Å². The Morgan fingerprint density at radius 3 is 2.67 bits per heavy atom. The topological polar surface area (TPSA) is 71.2 Å². The third kappa shape index (κ3) is 3.15. The first-order valence-corrected chi connectivity index (χ1v) is 5.86. The van der Waals surface area contributed by atoms with E-state index >= 15 is 0 Å². The van der Waals surface area contributed by atoms with Crippen LogP contribution in [0.5, 0.6) is 0 Å². The highest BCUT2D eigenvalue weighted by molar-refractivity contribution is 5.21. The van der Waals surface area contributed by atoms with Crippen molar-refractivity contribution in [2.24, 2.45) is 0 Å². The van der Waals surface area contributed by atoms with Crippen LogP contribution in [0.1, 0.15) is 24.2 Å². The van der Waals surface area contributed by atoms with Crippen molar-refractivity contribution in [1.82, 2.24) is 15.5 Å². The van der Waals surface area contributed by atoms with Crippen molar-refractivity contribution in [3.05, 3.63) is 47.6 Å². The first-order chi connectivity index (χ1) is 8.58. The van der Waals surface area contributed by atoms with Gasteiger partial charge >= 0.3 is 0 Å². The van der Waals surface area contributed by atoms with Crippen LogP contribution in [0.25, 0.3) is 0 Å². The zero-order valence-corrected chi connectivity index (χ0v) is 10.6. The number of nitrogens with zero attached hydrogens (tertiary/aromatic N) is 2. The third-order valence-electron chi connectivity index (χ3n) is 2.72. The van der Waals surface area contributed by atoms with Crippen molar-refractivity contribution in [1.29, 1.82) is 0 Å². The summed E-state index contributed by atoms with van der Waals surface area (Å²) < 4.78 is 4.87. The van der Waals surface area contributed by atoms with Crippen LogP contribution < -0.4 is 5.32 Å². The Labute approximate surface area is 106 Å². The van der Waals surface area contributed by atoms with Crippen molar-refractivity contribution < 1.29 is 9.63 Å². The monoisotopic (exact) mass is 247 g/mol. The molecule has 0 fully saturated rings. The predicted molar refractivity (Wildman–Crippen MR) is 66.8 cm³/mol. The molecule has 0 saturated heterocycles. The van der Waals surface area contributed by atoms with Crippen molar-refractivity contribution in [2.45, 2.75) is 26.0 Å². The SMILES string of the molecule is Cc1nc(CNCC(C)(O)c2ccccc2)no1. The van der Waals surface area contributed by atoms with E-state index in [2.05, 4.69) is 15.5 Å².